The van der Waals surface area contributed by atoms with Gasteiger partial charge in [-0.05, 0) is 41.6 Å². The van der Waals surface area contributed by atoms with Crippen LogP contribution in [-0.4, -0.2) is 19.3 Å². The van der Waals surface area contributed by atoms with Crippen LogP contribution in [0, 0.1) is 0 Å². The molecule has 0 aliphatic carbocycles. The van der Waals surface area contributed by atoms with Crippen LogP contribution >= 0.6 is 39.0 Å². The summed E-state index contributed by atoms with van der Waals surface area (Å²) in [5.41, 5.74) is 3.87. The highest BCUT2D eigenvalue weighted by atomic mass is 79.9. The van der Waals surface area contributed by atoms with Gasteiger partial charge in [0, 0.05) is 23.8 Å². The van der Waals surface area contributed by atoms with Gasteiger partial charge in [-0.15, -0.1) is 23.1 Å². The zero-order chi connectivity index (χ0) is 15.0. The van der Waals surface area contributed by atoms with Gasteiger partial charge in [-0.1, -0.05) is 22.9 Å². The van der Waals surface area contributed by atoms with E-state index in [9.17, 15) is 0 Å². The maximum atomic E-state index is 3.77. The van der Waals surface area contributed by atoms with Gasteiger partial charge in [0.1, 0.15) is 0 Å². The summed E-state index contributed by atoms with van der Waals surface area (Å²) in [6, 6.07) is 9.09. The van der Waals surface area contributed by atoms with Crippen molar-refractivity contribution < 1.29 is 0 Å². The molecule has 1 aliphatic rings. The quantitative estimate of drug-likeness (QED) is 0.741. The minimum Gasteiger partial charge on any atom is -0.376 e. The van der Waals surface area contributed by atoms with Crippen molar-refractivity contribution in [3.05, 3.63) is 39.7 Å². The van der Waals surface area contributed by atoms with Crippen LogP contribution in [0.1, 0.15) is 24.9 Å². The summed E-state index contributed by atoms with van der Waals surface area (Å²) in [6.07, 6.45) is 1.16. The van der Waals surface area contributed by atoms with Gasteiger partial charge >= 0.3 is 0 Å². The largest absolute Gasteiger partial charge is 0.376 e. The first-order valence-corrected chi connectivity index (χ1v) is 9.57. The zero-order valence-electron chi connectivity index (χ0n) is 12.4. The maximum absolute atomic E-state index is 3.77. The third-order valence-electron chi connectivity index (χ3n) is 3.68. The predicted octanol–water partition coefficient (Wildman–Crippen LogP) is 5.61. The van der Waals surface area contributed by atoms with Crippen molar-refractivity contribution >= 4 is 50.4 Å². The van der Waals surface area contributed by atoms with Gasteiger partial charge in [0.25, 0.3) is 0 Å². The molecular weight excluding hydrogens is 364 g/mol. The molecule has 1 aromatic heterocycles. The van der Waals surface area contributed by atoms with Crippen molar-refractivity contribution in [1.29, 1.82) is 0 Å². The smallest absolute Gasteiger partial charge is 0.0653 e. The highest BCUT2D eigenvalue weighted by Crippen LogP contribution is 2.45. The molecule has 0 spiro atoms. The molecule has 2 atom stereocenters. The van der Waals surface area contributed by atoms with E-state index in [4.69, 9.17) is 0 Å². The molecule has 0 saturated heterocycles. The summed E-state index contributed by atoms with van der Waals surface area (Å²) in [5.74, 6) is 0. The second kappa shape index (κ2) is 6.23. The van der Waals surface area contributed by atoms with E-state index in [0.717, 1.165) is 10.9 Å². The Kier molecular flexibility index (Phi) is 4.52. The molecule has 2 heterocycles. The van der Waals surface area contributed by atoms with Crippen molar-refractivity contribution in [3.63, 3.8) is 0 Å². The fourth-order valence-corrected chi connectivity index (χ4v) is 5.62. The number of hydrogen-bond acceptors (Lipinski definition) is 4. The van der Waals surface area contributed by atoms with E-state index in [-0.39, 0.29) is 0 Å². The number of nitrogens with one attached hydrogen (secondary N) is 1. The monoisotopic (exact) mass is 382 g/mol. The molecule has 3 rings (SSSR count). The Labute approximate surface area is 143 Å². The summed E-state index contributed by atoms with van der Waals surface area (Å²) < 4.78 is 2.58. The predicted molar refractivity (Wildman–Crippen MR) is 99.1 cm³/mol. The molecule has 21 heavy (non-hydrogen) atoms. The van der Waals surface area contributed by atoms with E-state index >= 15 is 0 Å². The van der Waals surface area contributed by atoms with Gasteiger partial charge in [0.2, 0.25) is 0 Å². The van der Waals surface area contributed by atoms with E-state index in [1.807, 2.05) is 23.1 Å². The fraction of sp³-hybridized carbons (Fsp3) is 0.375. The van der Waals surface area contributed by atoms with E-state index in [0.29, 0.717) is 11.3 Å². The Morgan fingerprint density at radius 2 is 2.10 bits per heavy atom. The number of fused-ring (bicyclic) bond motifs is 1. The lowest BCUT2D eigenvalue weighted by molar-refractivity contribution is 0.670. The Balaban J connectivity index is 1.93. The van der Waals surface area contributed by atoms with Gasteiger partial charge in [0.15, 0.2) is 0 Å². The number of anilines is 2. The molecule has 1 N–H and O–H groups in total. The number of nitrogens with zero attached hydrogens (tertiary/aromatic N) is 1. The molecule has 5 heteroatoms. The number of hydrogen-bond donors (Lipinski definition) is 1. The summed E-state index contributed by atoms with van der Waals surface area (Å²) in [4.78, 5) is 2.16. The lowest BCUT2D eigenvalue weighted by Gasteiger charge is -2.30. The first-order chi connectivity index (χ1) is 10.0. The van der Waals surface area contributed by atoms with Gasteiger partial charge < -0.3 is 10.2 Å². The average Bonchev–Trinajstić information content (AvgIpc) is 2.86. The van der Waals surface area contributed by atoms with Crippen molar-refractivity contribution in [2.75, 3.05) is 24.3 Å². The zero-order valence-corrected chi connectivity index (χ0v) is 15.6. The number of halogens is 1. The molecule has 1 aromatic carbocycles. The van der Waals surface area contributed by atoms with Crippen molar-refractivity contribution in [2.24, 2.45) is 0 Å². The number of rotatable bonds is 3. The summed E-state index contributed by atoms with van der Waals surface area (Å²) >= 11 is 7.45. The number of benzene rings is 1. The molecule has 0 amide bonds. The van der Waals surface area contributed by atoms with Crippen LogP contribution in [0.2, 0.25) is 0 Å². The number of thioether (sulfide) groups is 1. The van der Waals surface area contributed by atoms with Crippen LogP contribution in [0.15, 0.2) is 38.3 Å². The molecule has 1 unspecified atom stereocenters. The molecule has 0 fully saturated rings. The van der Waals surface area contributed by atoms with Crippen LogP contribution in [0.25, 0.3) is 0 Å². The second-order valence-electron chi connectivity index (χ2n) is 5.58. The molecule has 2 nitrogen and oxygen atoms in total. The van der Waals surface area contributed by atoms with Crippen LogP contribution in [0.5, 0.6) is 0 Å². The van der Waals surface area contributed by atoms with Gasteiger partial charge in [0.05, 0.1) is 21.6 Å². The SMILES string of the molecule is C[C@H]1CC(Nc2cc(Br)ccc2N(C)C)c2ccsc2S1. The minimum absolute atomic E-state index is 0.399. The Morgan fingerprint density at radius 3 is 2.86 bits per heavy atom. The van der Waals surface area contributed by atoms with E-state index in [1.54, 1.807) is 0 Å². The van der Waals surface area contributed by atoms with E-state index in [2.05, 4.69) is 76.8 Å². The average molecular weight is 383 g/mol. The highest BCUT2D eigenvalue weighted by molar-refractivity contribution is 9.10. The number of thiophene rings is 1. The normalized spacial score (nSPS) is 21.0. The Hall–Kier alpha value is -0.650. The summed E-state index contributed by atoms with van der Waals surface area (Å²) in [6.45, 7) is 2.32. The molecular formula is C16H19BrN2S2. The van der Waals surface area contributed by atoms with Gasteiger partial charge in [-0.2, -0.15) is 0 Å². The van der Waals surface area contributed by atoms with Crippen LogP contribution < -0.4 is 10.2 Å². The minimum atomic E-state index is 0.399. The first-order valence-electron chi connectivity index (χ1n) is 7.02. The first kappa shape index (κ1) is 15.3. The fourth-order valence-electron chi connectivity index (χ4n) is 2.69. The molecule has 112 valence electrons. The van der Waals surface area contributed by atoms with Crippen molar-refractivity contribution in [2.45, 2.75) is 28.8 Å². The molecule has 2 aromatic rings. The summed E-state index contributed by atoms with van der Waals surface area (Å²) in [5, 5.41) is 6.63. The van der Waals surface area contributed by atoms with Crippen molar-refractivity contribution in [3.8, 4) is 0 Å². The van der Waals surface area contributed by atoms with Crippen LogP contribution in [-0.2, 0) is 0 Å². The van der Waals surface area contributed by atoms with Crippen LogP contribution in [0.4, 0.5) is 11.4 Å². The highest BCUT2D eigenvalue weighted by Gasteiger charge is 2.26. The van der Waals surface area contributed by atoms with E-state index < -0.39 is 0 Å². The lowest BCUT2D eigenvalue weighted by Crippen LogP contribution is -2.20. The standard InChI is InChI=1S/C16H19BrN2S2/c1-10-8-13(12-6-7-20-16(12)21-10)18-14-9-11(17)4-5-15(14)19(2)3/h4-7,9-10,13,18H,8H2,1-3H3/t10-,13?/m0/s1. The van der Waals surface area contributed by atoms with E-state index in [1.165, 1.54) is 21.1 Å². The van der Waals surface area contributed by atoms with Gasteiger partial charge in [-0.25, -0.2) is 0 Å². The van der Waals surface area contributed by atoms with Gasteiger partial charge in [-0.3, -0.25) is 0 Å². The third kappa shape index (κ3) is 3.25. The summed E-state index contributed by atoms with van der Waals surface area (Å²) in [7, 11) is 4.17. The lowest BCUT2D eigenvalue weighted by atomic mass is 10.0. The third-order valence-corrected chi connectivity index (χ3v) is 6.52. The van der Waals surface area contributed by atoms with Crippen molar-refractivity contribution in [1.82, 2.24) is 0 Å². The molecule has 0 saturated carbocycles. The molecule has 1 aliphatic heterocycles. The Morgan fingerprint density at radius 1 is 1.29 bits per heavy atom. The topological polar surface area (TPSA) is 15.3 Å². The maximum Gasteiger partial charge on any atom is 0.0653 e. The molecule has 0 bridgehead atoms. The second-order valence-corrected chi connectivity index (χ2v) is 9.12. The molecule has 0 radical (unpaired) electrons. The van der Waals surface area contributed by atoms with Crippen LogP contribution in [0.3, 0.4) is 0 Å². The Bertz CT molecular complexity index is 639.